The van der Waals surface area contributed by atoms with Crippen molar-refractivity contribution in [3.63, 3.8) is 0 Å². The summed E-state index contributed by atoms with van der Waals surface area (Å²) in [6.07, 6.45) is -2.94. The predicted octanol–water partition coefficient (Wildman–Crippen LogP) is 1.32. The molecule has 1 rings (SSSR count). The Bertz CT molecular complexity index is 122. The molecule has 1 heterocycles. The van der Waals surface area contributed by atoms with Gasteiger partial charge in [-0.15, -0.1) is 0 Å². The zero-order valence-corrected chi connectivity index (χ0v) is 6.76. The Labute approximate surface area is 65.1 Å². The number of hydrogen-bond donors (Lipinski definition) is 0. The summed E-state index contributed by atoms with van der Waals surface area (Å²) in [7, 11) is 0. The maximum absolute atomic E-state index is 12.5. The van der Waals surface area contributed by atoms with E-state index in [-0.39, 0.29) is 19.1 Å². The van der Waals surface area contributed by atoms with E-state index in [1.54, 1.807) is 4.90 Å². The normalized spacial score (nSPS) is 34.6. The molecule has 11 heavy (non-hydrogen) atoms. The van der Waals surface area contributed by atoms with E-state index in [0.29, 0.717) is 0 Å². The molecule has 0 saturated carbocycles. The van der Waals surface area contributed by atoms with Crippen molar-refractivity contribution in [3.8, 4) is 0 Å². The summed E-state index contributed by atoms with van der Waals surface area (Å²) in [6.45, 7) is 4.17. The van der Waals surface area contributed by atoms with Crippen molar-refractivity contribution in [2.45, 2.75) is 32.6 Å². The summed E-state index contributed by atoms with van der Waals surface area (Å²) in [5.41, 5.74) is 0. The molecule has 1 aliphatic rings. The highest BCUT2D eigenvalue weighted by Gasteiger charge is 2.28. The second-order valence-electron chi connectivity index (χ2n) is 3.00. The Morgan fingerprint density at radius 3 is 2.09 bits per heavy atom. The number of alkyl halides is 2. The van der Waals surface area contributed by atoms with Gasteiger partial charge in [-0.3, -0.25) is 4.90 Å². The van der Waals surface area contributed by atoms with Crippen LogP contribution in [0, 0.1) is 0 Å². The van der Waals surface area contributed by atoms with Crippen LogP contribution in [-0.2, 0) is 4.74 Å². The van der Waals surface area contributed by atoms with Crippen molar-refractivity contribution < 1.29 is 13.5 Å². The van der Waals surface area contributed by atoms with Crippen LogP contribution in [0.4, 0.5) is 8.78 Å². The third kappa shape index (κ3) is 2.38. The minimum atomic E-state index is -1.47. The van der Waals surface area contributed by atoms with Crippen LogP contribution >= 0.6 is 0 Å². The molecule has 1 saturated heterocycles. The molecule has 0 aromatic rings. The van der Waals surface area contributed by atoms with Gasteiger partial charge in [-0.25, -0.2) is 8.78 Å². The summed E-state index contributed by atoms with van der Waals surface area (Å²) in [6, 6.07) is 0.176. The summed E-state index contributed by atoms with van der Waals surface area (Å²) in [5, 5.41) is 0. The van der Waals surface area contributed by atoms with Crippen LogP contribution in [0.1, 0.15) is 13.8 Å². The number of hydrogen-bond acceptors (Lipinski definition) is 2. The van der Waals surface area contributed by atoms with E-state index in [9.17, 15) is 8.78 Å². The predicted molar refractivity (Wildman–Crippen MR) is 37.6 cm³/mol. The molecule has 0 radical (unpaired) electrons. The number of rotatable bonds is 1. The number of halogens is 2. The molecule has 0 bridgehead atoms. The molecule has 1 fully saturated rings. The summed E-state index contributed by atoms with van der Waals surface area (Å²) < 4.78 is 29.4. The van der Waals surface area contributed by atoms with Crippen LogP contribution in [0.15, 0.2) is 0 Å². The van der Waals surface area contributed by atoms with E-state index in [1.807, 2.05) is 13.8 Å². The largest absolute Gasteiger partial charge is 0.311 e. The monoisotopic (exact) mass is 165 g/mol. The van der Waals surface area contributed by atoms with Crippen LogP contribution in [0.2, 0.25) is 0 Å². The lowest BCUT2D eigenvalue weighted by atomic mass is 10.3. The molecule has 0 aromatic carbocycles. The third-order valence-electron chi connectivity index (χ3n) is 1.78. The fourth-order valence-corrected chi connectivity index (χ4v) is 1.11. The highest BCUT2D eigenvalue weighted by atomic mass is 19.2. The maximum atomic E-state index is 12.5. The first-order valence-electron chi connectivity index (χ1n) is 3.77. The van der Waals surface area contributed by atoms with E-state index >= 15 is 0 Å². The van der Waals surface area contributed by atoms with Gasteiger partial charge in [-0.05, 0) is 13.8 Å². The van der Waals surface area contributed by atoms with Crippen LogP contribution < -0.4 is 0 Å². The lowest BCUT2D eigenvalue weighted by Gasteiger charge is -2.33. The van der Waals surface area contributed by atoms with Gasteiger partial charge in [0.15, 0.2) is 0 Å². The second kappa shape index (κ2) is 3.45. The molecule has 2 atom stereocenters. The molecule has 1 aliphatic heterocycles. The standard InChI is InChI=1S/C7H13F2NO/c1-5(2)10-3-6(8)11-7(9)4-10/h5-7H,3-4H2,1-2H3/t6-,7+. The van der Waals surface area contributed by atoms with E-state index in [4.69, 9.17) is 0 Å². The molecule has 0 aromatic heterocycles. The average Bonchev–Trinajstić information content (AvgIpc) is 1.85. The van der Waals surface area contributed by atoms with Crippen molar-refractivity contribution in [2.24, 2.45) is 0 Å². The maximum Gasteiger partial charge on any atom is 0.214 e. The smallest absolute Gasteiger partial charge is 0.214 e. The summed E-state index contributed by atoms with van der Waals surface area (Å²) >= 11 is 0. The number of ether oxygens (including phenoxy) is 1. The highest BCUT2D eigenvalue weighted by Crippen LogP contribution is 2.14. The number of morpholine rings is 1. The van der Waals surface area contributed by atoms with Gasteiger partial charge >= 0.3 is 0 Å². The van der Waals surface area contributed by atoms with Crippen LogP contribution in [0.5, 0.6) is 0 Å². The van der Waals surface area contributed by atoms with Gasteiger partial charge in [0.25, 0.3) is 0 Å². The number of nitrogens with zero attached hydrogens (tertiary/aromatic N) is 1. The molecular weight excluding hydrogens is 152 g/mol. The Hall–Kier alpha value is -0.220. The Kier molecular flexibility index (Phi) is 2.78. The van der Waals surface area contributed by atoms with Crippen molar-refractivity contribution >= 4 is 0 Å². The highest BCUT2D eigenvalue weighted by molar-refractivity contribution is 4.70. The Morgan fingerprint density at radius 1 is 1.27 bits per heavy atom. The Balaban J connectivity index is 2.43. The molecule has 0 N–H and O–H groups in total. The van der Waals surface area contributed by atoms with Crippen LogP contribution in [0.25, 0.3) is 0 Å². The molecule has 0 unspecified atom stereocenters. The SMILES string of the molecule is CC(C)N1C[C@@H](F)O[C@@H](F)C1. The average molecular weight is 165 g/mol. The van der Waals surface area contributed by atoms with E-state index in [0.717, 1.165) is 0 Å². The molecular formula is C7H13F2NO. The first kappa shape index (κ1) is 8.87. The fraction of sp³-hybridized carbons (Fsp3) is 1.00. The fourth-order valence-electron chi connectivity index (χ4n) is 1.11. The van der Waals surface area contributed by atoms with Gasteiger partial charge in [-0.2, -0.15) is 0 Å². The zero-order valence-electron chi connectivity index (χ0n) is 6.76. The molecule has 2 nitrogen and oxygen atoms in total. The van der Waals surface area contributed by atoms with E-state index in [1.165, 1.54) is 0 Å². The topological polar surface area (TPSA) is 12.5 Å². The van der Waals surface area contributed by atoms with E-state index < -0.39 is 12.7 Å². The first-order chi connectivity index (χ1) is 5.09. The van der Waals surface area contributed by atoms with Crippen LogP contribution in [0.3, 0.4) is 0 Å². The minimum Gasteiger partial charge on any atom is -0.311 e. The molecule has 4 heteroatoms. The third-order valence-corrected chi connectivity index (χ3v) is 1.78. The minimum absolute atomic E-state index is 0.176. The molecule has 0 aliphatic carbocycles. The summed E-state index contributed by atoms with van der Waals surface area (Å²) in [4.78, 5) is 1.72. The lowest BCUT2D eigenvalue weighted by molar-refractivity contribution is -0.193. The zero-order chi connectivity index (χ0) is 8.43. The molecule has 0 amide bonds. The lowest BCUT2D eigenvalue weighted by Crippen LogP contribution is -2.47. The van der Waals surface area contributed by atoms with Gasteiger partial charge in [0.05, 0.1) is 13.1 Å². The molecule has 66 valence electrons. The summed E-state index contributed by atoms with van der Waals surface area (Å²) in [5.74, 6) is 0. The first-order valence-corrected chi connectivity index (χ1v) is 3.77. The van der Waals surface area contributed by atoms with Crippen molar-refractivity contribution in [2.75, 3.05) is 13.1 Å². The molecule has 0 spiro atoms. The quantitative estimate of drug-likeness (QED) is 0.581. The van der Waals surface area contributed by atoms with Gasteiger partial charge in [0.2, 0.25) is 12.7 Å². The van der Waals surface area contributed by atoms with Gasteiger partial charge in [-0.1, -0.05) is 0 Å². The van der Waals surface area contributed by atoms with E-state index in [2.05, 4.69) is 4.74 Å². The van der Waals surface area contributed by atoms with Gasteiger partial charge in [0, 0.05) is 6.04 Å². The Morgan fingerprint density at radius 2 is 1.73 bits per heavy atom. The van der Waals surface area contributed by atoms with Crippen LogP contribution in [-0.4, -0.2) is 36.7 Å². The van der Waals surface area contributed by atoms with Gasteiger partial charge in [0.1, 0.15) is 0 Å². The van der Waals surface area contributed by atoms with Crippen molar-refractivity contribution in [3.05, 3.63) is 0 Å². The van der Waals surface area contributed by atoms with Gasteiger partial charge < -0.3 is 4.74 Å². The van der Waals surface area contributed by atoms with Crippen molar-refractivity contribution in [1.82, 2.24) is 4.90 Å². The second-order valence-corrected chi connectivity index (χ2v) is 3.00. The van der Waals surface area contributed by atoms with Crippen molar-refractivity contribution in [1.29, 1.82) is 0 Å².